The van der Waals surface area contributed by atoms with E-state index in [4.69, 9.17) is 5.73 Å². The van der Waals surface area contributed by atoms with Gasteiger partial charge in [0.2, 0.25) is 0 Å². The van der Waals surface area contributed by atoms with E-state index in [1.165, 1.54) is 36.9 Å². The summed E-state index contributed by atoms with van der Waals surface area (Å²) in [6.45, 7) is 5.34. The van der Waals surface area contributed by atoms with Gasteiger partial charge in [-0.05, 0) is 89.6 Å². The zero-order valence-corrected chi connectivity index (χ0v) is 17.3. The Morgan fingerprint density at radius 1 is 1.12 bits per heavy atom. The van der Waals surface area contributed by atoms with E-state index < -0.39 is 0 Å². The van der Waals surface area contributed by atoms with Crippen molar-refractivity contribution in [2.45, 2.75) is 45.4 Å². The summed E-state index contributed by atoms with van der Waals surface area (Å²) in [5, 5.41) is 1.38. The van der Waals surface area contributed by atoms with Crippen molar-refractivity contribution in [1.29, 1.82) is 0 Å². The minimum Gasteiger partial charge on any atom is -0.354 e. The van der Waals surface area contributed by atoms with Gasteiger partial charge in [0, 0.05) is 20.2 Å². The number of nitrogens with one attached hydrogen (secondary N) is 1. The lowest BCUT2D eigenvalue weighted by molar-refractivity contribution is 0.738. The summed E-state index contributed by atoms with van der Waals surface area (Å²) in [4.78, 5) is 3.78. The maximum Gasteiger partial charge on any atom is 0.0497 e. The van der Waals surface area contributed by atoms with E-state index in [1.54, 1.807) is 0 Å². The molecule has 0 aliphatic heterocycles. The van der Waals surface area contributed by atoms with E-state index >= 15 is 0 Å². The lowest BCUT2D eigenvalue weighted by Gasteiger charge is -2.10. The summed E-state index contributed by atoms with van der Waals surface area (Å²) in [6.07, 6.45) is 4.43. The largest absolute Gasteiger partial charge is 0.354 e. The average Bonchev–Trinajstić information content (AvgIpc) is 3.00. The van der Waals surface area contributed by atoms with Gasteiger partial charge in [0.25, 0.3) is 0 Å². The van der Waals surface area contributed by atoms with E-state index in [9.17, 15) is 0 Å². The molecule has 1 unspecified atom stereocenters. The van der Waals surface area contributed by atoms with Gasteiger partial charge in [-0.2, -0.15) is 0 Å². The number of hydrogen-bond donors (Lipinski definition) is 2. The number of aromatic nitrogens is 1. The molecule has 1 heterocycles. The number of aryl methyl sites for hydroxylation is 1. The molecule has 0 saturated heterocycles. The maximum absolute atomic E-state index is 5.72. The molecule has 25 heavy (non-hydrogen) atoms. The molecule has 0 radical (unpaired) electrons. The fraction of sp³-hybridized carbons (Fsp3) is 0.364. The topological polar surface area (TPSA) is 41.8 Å². The first-order chi connectivity index (χ1) is 12.2. The minimum atomic E-state index is 0.558. The van der Waals surface area contributed by atoms with Crippen LogP contribution in [0.2, 0.25) is 0 Å². The fourth-order valence-electron chi connectivity index (χ4n) is 3.52. The zero-order chi connectivity index (χ0) is 17.8. The Morgan fingerprint density at radius 3 is 2.64 bits per heavy atom. The Labute approximate surface area is 164 Å². The predicted molar refractivity (Wildman–Crippen MR) is 117 cm³/mol. The molecule has 0 fully saturated rings. The van der Waals surface area contributed by atoms with E-state index in [0.29, 0.717) is 5.92 Å². The van der Waals surface area contributed by atoms with Gasteiger partial charge in [0.15, 0.2) is 0 Å². The molecule has 1 atom stereocenters. The summed E-state index contributed by atoms with van der Waals surface area (Å²) in [6, 6.07) is 15.5. The average molecular weight is 446 g/mol. The molecular formula is C22H27IN2. The van der Waals surface area contributed by atoms with Crippen molar-refractivity contribution in [2.24, 2.45) is 5.73 Å². The first-order valence-corrected chi connectivity index (χ1v) is 10.3. The Morgan fingerprint density at radius 2 is 1.92 bits per heavy atom. The number of halogens is 1. The quantitative estimate of drug-likeness (QED) is 0.328. The minimum absolute atomic E-state index is 0.558. The van der Waals surface area contributed by atoms with Crippen LogP contribution in [0.3, 0.4) is 0 Å². The van der Waals surface area contributed by atoms with E-state index in [1.807, 2.05) is 0 Å². The second kappa shape index (κ2) is 8.37. The fourth-order valence-corrected chi connectivity index (χ4v) is 4.07. The lowest BCUT2D eigenvalue weighted by atomic mass is 9.94. The first-order valence-electron chi connectivity index (χ1n) is 9.25. The zero-order valence-electron chi connectivity index (χ0n) is 15.1. The van der Waals surface area contributed by atoms with Crippen LogP contribution >= 0.6 is 22.6 Å². The van der Waals surface area contributed by atoms with Crippen molar-refractivity contribution >= 4 is 33.5 Å². The van der Waals surface area contributed by atoms with Gasteiger partial charge in [-0.25, -0.2) is 0 Å². The number of unbranched alkanes of at least 4 members (excludes halogenated alkanes) is 1. The molecule has 1 aromatic heterocycles. The Bertz CT molecular complexity index is 850. The SMILES string of the molecule is CCC(C)c1cccc2c(CCCCN)c(-c3cccc(I)c3)[nH]c12. The molecule has 2 aromatic carbocycles. The number of fused-ring (bicyclic) bond motifs is 1. The molecule has 0 aliphatic carbocycles. The van der Waals surface area contributed by atoms with Crippen LogP contribution in [0, 0.1) is 3.57 Å². The number of rotatable bonds is 7. The van der Waals surface area contributed by atoms with Crippen molar-refractivity contribution < 1.29 is 0 Å². The van der Waals surface area contributed by atoms with Crippen LogP contribution in [0.15, 0.2) is 42.5 Å². The normalized spacial score (nSPS) is 12.6. The molecule has 0 aliphatic rings. The molecule has 3 heteroatoms. The van der Waals surface area contributed by atoms with Gasteiger partial charge in [-0.1, -0.05) is 44.2 Å². The van der Waals surface area contributed by atoms with Crippen LogP contribution in [0.25, 0.3) is 22.2 Å². The summed E-state index contributed by atoms with van der Waals surface area (Å²) >= 11 is 2.39. The van der Waals surface area contributed by atoms with Crippen molar-refractivity contribution in [3.63, 3.8) is 0 Å². The summed E-state index contributed by atoms with van der Waals surface area (Å²) < 4.78 is 1.27. The van der Waals surface area contributed by atoms with Gasteiger partial charge >= 0.3 is 0 Å². The van der Waals surface area contributed by atoms with Crippen molar-refractivity contribution in [1.82, 2.24) is 4.98 Å². The second-order valence-corrected chi connectivity index (χ2v) is 8.06. The molecule has 3 rings (SSSR count). The number of aromatic amines is 1. The summed E-state index contributed by atoms with van der Waals surface area (Å²) in [5.41, 5.74) is 12.5. The molecule has 132 valence electrons. The van der Waals surface area contributed by atoms with Gasteiger partial charge in [0.05, 0.1) is 0 Å². The highest BCUT2D eigenvalue weighted by Gasteiger charge is 2.17. The van der Waals surface area contributed by atoms with Gasteiger partial charge in [-0.15, -0.1) is 0 Å². The van der Waals surface area contributed by atoms with Crippen LogP contribution in [0.4, 0.5) is 0 Å². The molecule has 0 amide bonds. The second-order valence-electron chi connectivity index (χ2n) is 6.81. The third-order valence-corrected chi connectivity index (χ3v) is 5.78. The van der Waals surface area contributed by atoms with Crippen LogP contribution in [-0.2, 0) is 6.42 Å². The van der Waals surface area contributed by atoms with Crippen molar-refractivity contribution in [3.8, 4) is 11.3 Å². The summed E-state index contributed by atoms with van der Waals surface area (Å²) in [5.74, 6) is 0.558. The Kier molecular flexibility index (Phi) is 6.18. The molecule has 0 bridgehead atoms. The predicted octanol–water partition coefficient (Wildman–Crippen LogP) is 6.23. The number of hydrogen-bond acceptors (Lipinski definition) is 1. The molecular weight excluding hydrogens is 419 g/mol. The van der Waals surface area contributed by atoms with Crippen LogP contribution in [0.1, 0.15) is 50.2 Å². The maximum atomic E-state index is 5.72. The van der Waals surface area contributed by atoms with Gasteiger partial charge in [-0.3, -0.25) is 0 Å². The Balaban J connectivity index is 2.18. The first kappa shape index (κ1) is 18.5. The highest BCUT2D eigenvalue weighted by Crippen LogP contribution is 2.36. The van der Waals surface area contributed by atoms with Crippen LogP contribution in [-0.4, -0.2) is 11.5 Å². The highest BCUT2D eigenvalue weighted by atomic mass is 127. The van der Waals surface area contributed by atoms with E-state index in [0.717, 1.165) is 32.2 Å². The standard InChI is InChI=1S/C22H27IN2/c1-3-15(2)18-11-7-12-20-19(10-4-5-13-24)21(25-22(18)20)16-8-6-9-17(23)14-16/h6-9,11-12,14-15,25H,3-5,10,13,24H2,1-2H3. The van der Waals surface area contributed by atoms with Crippen LogP contribution < -0.4 is 5.73 Å². The monoisotopic (exact) mass is 446 g/mol. The molecule has 0 spiro atoms. The highest BCUT2D eigenvalue weighted by molar-refractivity contribution is 14.1. The van der Waals surface area contributed by atoms with Crippen molar-refractivity contribution in [2.75, 3.05) is 6.54 Å². The van der Waals surface area contributed by atoms with Crippen molar-refractivity contribution in [3.05, 3.63) is 57.2 Å². The molecule has 3 N–H and O–H groups in total. The summed E-state index contributed by atoms with van der Waals surface area (Å²) in [7, 11) is 0. The Hall–Kier alpha value is -1.33. The smallest absolute Gasteiger partial charge is 0.0497 e. The molecule has 0 saturated carbocycles. The number of para-hydroxylation sites is 1. The molecule has 2 nitrogen and oxygen atoms in total. The lowest BCUT2D eigenvalue weighted by Crippen LogP contribution is -1.99. The van der Waals surface area contributed by atoms with Gasteiger partial charge in [0.1, 0.15) is 0 Å². The van der Waals surface area contributed by atoms with Gasteiger partial charge < -0.3 is 10.7 Å². The molecule has 3 aromatic rings. The number of H-pyrrole nitrogens is 1. The van der Waals surface area contributed by atoms with E-state index in [2.05, 4.69) is 83.9 Å². The third-order valence-electron chi connectivity index (χ3n) is 5.11. The number of nitrogens with two attached hydrogens (primary N) is 1. The number of benzene rings is 2. The van der Waals surface area contributed by atoms with Crippen LogP contribution in [0.5, 0.6) is 0 Å². The van der Waals surface area contributed by atoms with E-state index in [-0.39, 0.29) is 0 Å². The third kappa shape index (κ3) is 3.93.